The number of nitrogens with one attached hydrogen (secondary N) is 2. The molecule has 1 aromatic heterocycles. The van der Waals surface area contributed by atoms with Gasteiger partial charge in [0.2, 0.25) is 0 Å². The third-order valence-corrected chi connectivity index (χ3v) is 4.99. The van der Waals surface area contributed by atoms with E-state index < -0.39 is 0 Å². The van der Waals surface area contributed by atoms with E-state index in [9.17, 15) is 4.79 Å². The number of amides is 1. The molecule has 3 aromatic rings. The molecule has 1 amide bonds. The van der Waals surface area contributed by atoms with E-state index in [0.717, 1.165) is 16.5 Å². The Labute approximate surface area is 171 Å². The van der Waals surface area contributed by atoms with Gasteiger partial charge < -0.3 is 22.5 Å². The van der Waals surface area contributed by atoms with Crippen LogP contribution in [0.25, 0.3) is 10.9 Å². The van der Waals surface area contributed by atoms with Gasteiger partial charge in [0.05, 0.1) is 34.3 Å². The summed E-state index contributed by atoms with van der Waals surface area (Å²) in [6.45, 7) is 8.30. The van der Waals surface area contributed by atoms with Gasteiger partial charge in [-0.2, -0.15) is 5.10 Å². The number of carbonyl (C=O) groups excluding carboxylic acids is 1. The van der Waals surface area contributed by atoms with Gasteiger partial charge in [0.1, 0.15) is 0 Å². The summed E-state index contributed by atoms with van der Waals surface area (Å²) in [7, 11) is 0. The maximum atomic E-state index is 13.3. The number of H-pyrrole nitrogens is 1. The van der Waals surface area contributed by atoms with Crippen LogP contribution in [0.4, 0.5) is 22.7 Å². The highest BCUT2D eigenvalue weighted by Crippen LogP contribution is 2.37. The molecule has 0 spiro atoms. The molecular weight excluding hydrogens is 364 g/mol. The first-order valence-corrected chi connectivity index (χ1v) is 9.91. The Morgan fingerprint density at radius 2 is 1.62 bits per heavy atom. The van der Waals surface area contributed by atoms with E-state index >= 15 is 0 Å². The lowest BCUT2D eigenvalue weighted by atomic mass is 9.88. The molecule has 0 unspecified atom stereocenters. The molecule has 0 saturated heterocycles. The van der Waals surface area contributed by atoms with Crippen molar-refractivity contribution in [1.29, 1.82) is 0 Å². The first-order chi connectivity index (χ1) is 13.7. The second-order valence-electron chi connectivity index (χ2n) is 8.40. The Morgan fingerprint density at radius 3 is 2.28 bits per heavy atom. The highest BCUT2D eigenvalue weighted by atomic mass is 16.1. The summed E-state index contributed by atoms with van der Waals surface area (Å²) in [5.41, 5.74) is 24.0. The van der Waals surface area contributed by atoms with Crippen LogP contribution in [0.1, 0.15) is 49.2 Å². The van der Waals surface area contributed by atoms with Crippen molar-refractivity contribution in [3.8, 4) is 0 Å². The number of benzene rings is 2. The van der Waals surface area contributed by atoms with Crippen molar-refractivity contribution in [2.75, 3.05) is 22.5 Å². The third kappa shape index (κ3) is 4.13. The quantitative estimate of drug-likeness (QED) is 0.403. The number of nitrogens with two attached hydrogens (primary N) is 3. The Kier molecular flexibility index (Phi) is 5.68. The number of nitrogens with zero attached hydrogens (tertiary/aromatic N) is 1. The minimum atomic E-state index is -0.284. The molecule has 8 N–H and O–H groups in total. The molecule has 0 bridgehead atoms. The molecule has 3 rings (SSSR count). The molecular formula is C22H30N6O. The number of fused-ring (bicyclic) bond motifs is 1. The van der Waals surface area contributed by atoms with E-state index in [-0.39, 0.29) is 5.91 Å². The molecule has 154 valence electrons. The van der Waals surface area contributed by atoms with Crippen molar-refractivity contribution in [3.05, 3.63) is 41.1 Å². The van der Waals surface area contributed by atoms with E-state index in [1.54, 1.807) is 6.20 Å². The molecule has 7 heteroatoms. The van der Waals surface area contributed by atoms with Gasteiger partial charge in [0.15, 0.2) is 0 Å². The van der Waals surface area contributed by atoms with E-state index in [2.05, 4.69) is 43.2 Å². The summed E-state index contributed by atoms with van der Waals surface area (Å²) in [5, 5.41) is 10.8. The Morgan fingerprint density at radius 1 is 1.00 bits per heavy atom. The molecule has 2 aromatic carbocycles. The van der Waals surface area contributed by atoms with Crippen molar-refractivity contribution < 1.29 is 4.79 Å². The van der Waals surface area contributed by atoms with Gasteiger partial charge in [-0.1, -0.05) is 27.7 Å². The summed E-state index contributed by atoms with van der Waals surface area (Å²) in [5.74, 6) is 0.335. The average molecular weight is 395 g/mol. The van der Waals surface area contributed by atoms with Crippen molar-refractivity contribution >= 4 is 39.6 Å². The summed E-state index contributed by atoms with van der Waals surface area (Å²) in [6, 6.07) is 5.58. The number of anilines is 4. The van der Waals surface area contributed by atoms with Gasteiger partial charge in [-0.15, -0.1) is 0 Å². The van der Waals surface area contributed by atoms with Crippen LogP contribution in [-0.4, -0.2) is 16.1 Å². The SMILES string of the molecule is CC(C)Cc1c(N)c(N)c(CC(C)C)c(C(=O)Nc2ccc3cn[nH]c3c2)c1N. The van der Waals surface area contributed by atoms with Crippen LogP contribution >= 0.6 is 0 Å². The average Bonchev–Trinajstić information content (AvgIpc) is 3.10. The predicted octanol–water partition coefficient (Wildman–Crippen LogP) is 3.96. The maximum absolute atomic E-state index is 13.3. The minimum Gasteiger partial charge on any atom is -0.398 e. The van der Waals surface area contributed by atoms with Crippen LogP contribution in [0.3, 0.4) is 0 Å². The first-order valence-electron chi connectivity index (χ1n) is 9.91. The van der Waals surface area contributed by atoms with Crippen LogP contribution < -0.4 is 22.5 Å². The number of nitrogen functional groups attached to an aromatic ring is 3. The summed E-state index contributed by atoms with van der Waals surface area (Å²) < 4.78 is 0. The van der Waals surface area contributed by atoms with E-state index in [4.69, 9.17) is 17.2 Å². The lowest BCUT2D eigenvalue weighted by Crippen LogP contribution is -2.21. The summed E-state index contributed by atoms with van der Waals surface area (Å²) >= 11 is 0. The van der Waals surface area contributed by atoms with E-state index in [0.29, 0.717) is 58.6 Å². The standard InChI is InChI=1S/C22H30N6O/c1-11(2)7-15-18(19(23)16(8-12(3)4)21(25)20(15)24)22(29)27-14-6-5-13-10-26-28-17(13)9-14/h5-6,9-12H,7-8,23-25H2,1-4H3,(H,26,28)(H,27,29). The van der Waals surface area contributed by atoms with Crippen molar-refractivity contribution in [1.82, 2.24) is 10.2 Å². The lowest BCUT2D eigenvalue weighted by molar-refractivity contribution is 0.102. The number of aromatic amines is 1. The van der Waals surface area contributed by atoms with Crippen LogP contribution in [0, 0.1) is 11.8 Å². The van der Waals surface area contributed by atoms with E-state index in [1.807, 2.05) is 18.2 Å². The largest absolute Gasteiger partial charge is 0.398 e. The van der Waals surface area contributed by atoms with Crippen LogP contribution in [0.2, 0.25) is 0 Å². The fourth-order valence-corrected chi connectivity index (χ4v) is 3.63. The van der Waals surface area contributed by atoms with Crippen molar-refractivity contribution in [2.45, 2.75) is 40.5 Å². The zero-order valence-electron chi connectivity index (χ0n) is 17.5. The number of hydrogen-bond donors (Lipinski definition) is 5. The molecule has 0 atom stereocenters. The second kappa shape index (κ2) is 8.03. The summed E-state index contributed by atoms with van der Waals surface area (Å²) in [4.78, 5) is 13.3. The van der Waals surface area contributed by atoms with Crippen LogP contribution in [-0.2, 0) is 12.8 Å². The number of carbonyl (C=O) groups is 1. The normalized spacial score (nSPS) is 11.5. The molecule has 29 heavy (non-hydrogen) atoms. The Balaban J connectivity index is 2.08. The number of rotatable bonds is 6. The zero-order chi connectivity index (χ0) is 21.3. The van der Waals surface area contributed by atoms with Crippen molar-refractivity contribution in [2.24, 2.45) is 11.8 Å². The van der Waals surface area contributed by atoms with Gasteiger partial charge in [-0.3, -0.25) is 9.89 Å². The maximum Gasteiger partial charge on any atom is 0.258 e. The monoisotopic (exact) mass is 394 g/mol. The van der Waals surface area contributed by atoms with Gasteiger partial charge in [0.25, 0.3) is 5.91 Å². The fourth-order valence-electron chi connectivity index (χ4n) is 3.63. The van der Waals surface area contributed by atoms with Gasteiger partial charge >= 0.3 is 0 Å². The van der Waals surface area contributed by atoms with Gasteiger partial charge in [0, 0.05) is 16.6 Å². The van der Waals surface area contributed by atoms with Crippen LogP contribution in [0.5, 0.6) is 0 Å². The Hall–Kier alpha value is -3.22. The second-order valence-corrected chi connectivity index (χ2v) is 8.40. The molecule has 0 fully saturated rings. The Bertz CT molecular complexity index is 1050. The van der Waals surface area contributed by atoms with Gasteiger partial charge in [-0.05, 0) is 48.4 Å². The third-order valence-electron chi connectivity index (χ3n) is 4.99. The molecule has 0 aliphatic carbocycles. The molecule has 0 saturated carbocycles. The van der Waals surface area contributed by atoms with Crippen molar-refractivity contribution in [3.63, 3.8) is 0 Å². The zero-order valence-corrected chi connectivity index (χ0v) is 17.5. The summed E-state index contributed by atoms with van der Waals surface area (Å²) in [6.07, 6.45) is 3.01. The fraction of sp³-hybridized carbons (Fsp3) is 0.364. The molecule has 0 aliphatic heterocycles. The highest BCUT2D eigenvalue weighted by Gasteiger charge is 2.25. The number of aromatic nitrogens is 2. The predicted molar refractivity (Wildman–Crippen MR) is 121 cm³/mol. The molecule has 7 nitrogen and oxygen atoms in total. The number of hydrogen-bond acceptors (Lipinski definition) is 5. The van der Waals surface area contributed by atoms with Crippen LogP contribution in [0.15, 0.2) is 24.4 Å². The van der Waals surface area contributed by atoms with E-state index in [1.165, 1.54) is 0 Å². The van der Waals surface area contributed by atoms with Gasteiger partial charge in [-0.25, -0.2) is 0 Å². The molecule has 0 aliphatic rings. The first kappa shape index (κ1) is 20.5. The molecule has 1 heterocycles. The molecule has 0 radical (unpaired) electrons. The topological polar surface area (TPSA) is 136 Å². The lowest BCUT2D eigenvalue weighted by Gasteiger charge is -2.23. The highest BCUT2D eigenvalue weighted by molar-refractivity contribution is 6.12. The smallest absolute Gasteiger partial charge is 0.258 e. The minimum absolute atomic E-state index is 0.284.